The normalized spacial score (nSPS) is 9.96. The van der Waals surface area contributed by atoms with E-state index in [1.807, 2.05) is 0 Å². The molecule has 1 N–H and O–H groups in total. The van der Waals surface area contributed by atoms with Crippen molar-refractivity contribution in [3.63, 3.8) is 0 Å². The van der Waals surface area contributed by atoms with Gasteiger partial charge < -0.3 is 14.6 Å². The molecular weight excluding hydrogens is 316 g/mol. The van der Waals surface area contributed by atoms with Crippen LogP contribution in [-0.2, 0) is 4.79 Å². The Kier molecular flexibility index (Phi) is 5.95. The van der Waals surface area contributed by atoms with E-state index in [4.69, 9.17) is 14.6 Å². The van der Waals surface area contributed by atoms with Crippen LogP contribution < -0.4 is 9.47 Å². The Balaban J connectivity index is 3.33. The summed E-state index contributed by atoms with van der Waals surface area (Å²) in [4.78, 5) is 41.6. The van der Waals surface area contributed by atoms with Crippen molar-refractivity contribution in [2.45, 2.75) is 12.8 Å². The fourth-order valence-corrected chi connectivity index (χ4v) is 1.79. The molecule has 1 rings (SSSR count). The minimum atomic E-state index is -1.06. The van der Waals surface area contributed by atoms with Crippen LogP contribution in [0.2, 0.25) is 0 Å². The number of carboxylic acids is 1. The van der Waals surface area contributed by atoms with Gasteiger partial charge in [0, 0.05) is 6.42 Å². The first-order chi connectivity index (χ1) is 10.8. The minimum Gasteiger partial charge on any atom is -0.489 e. The molecule has 0 radical (unpaired) electrons. The summed E-state index contributed by atoms with van der Waals surface area (Å²) in [6.45, 7) is -0.155. The van der Waals surface area contributed by atoms with Crippen LogP contribution in [0.15, 0.2) is 6.07 Å². The van der Waals surface area contributed by atoms with Crippen molar-refractivity contribution in [1.29, 1.82) is 0 Å². The van der Waals surface area contributed by atoms with Crippen molar-refractivity contribution in [1.82, 2.24) is 0 Å². The second-order valence-corrected chi connectivity index (χ2v) is 4.17. The molecule has 0 bridgehead atoms. The molecule has 0 unspecified atom stereocenters. The van der Waals surface area contributed by atoms with Crippen LogP contribution in [-0.4, -0.2) is 40.9 Å². The minimum absolute atomic E-state index is 0.00695. The van der Waals surface area contributed by atoms with Crippen LogP contribution in [0.5, 0.6) is 11.5 Å². The number of rotatable bonds is 9. The molecule has 0 aliphatic carbocycles. The van der Waals surface area contributed by atoms with Gasteiger partial charge in [0.15, 0.2) is 17.6 Å². The number of carbonyl (C=O) groups is 2. The van der Waals surface area contributed by atoms with Gasteiger partial charge in [-0.3, -0.25) is 29.8 Å². The van der Waals surface area contributed by atoms with Gasteiger partial charge in [-0.2, -0.15) is 0 Å². The summed E-state index contributed by atoms with van der Waals surface area (Å²) in [6, 6.07) is 0.830. The smallest absolute Gasteiger partial charge is 0.332 e. The van der Waals surface area contributed by atoms with Crippen LogP contribution in [0.3, 0.4) is 0 Å². The first-order valence-electron chi connectivity index (χ1n) is 6.17. The van der Waals surface area contributed by atoms with E-state index >= 15 is 0 Å². The average Bonchev–Trinajstić information content (AvgIpc) is 2.49. The highest BCUT2D eigenvalue weighted by Gasteiger charge is 2.33. The summed E-state index contributed by atoms with van der Waals surface area (Å²) >= 11 is 0. The van der Waals surface area contributed by atoms with Gasteiger partial charge in [-0.1, -0.05) is 0 Å². The summed E-state index contributed by atoms with van der Waals surface area (Å²) in [5.41, 5.74) is -2.43. The number of nitrogens with zero attached hydrogens (tertiary/aromatic N) is 2. The molecule has 0 saturated heterocycles. The third-order valence-electron chi connectivity index (χ3n) is 2.73. The largest absolute Gasteiger partial charge is 0.489 e. The molecule has 1 aromatic rings. The molecule has 0 aliphatic heterocycles. The number of hydrogen-bond donors (Lipinski definition) is 1. The number of aliphatic carboxylic acids is 1. The van der Waals surface area contributed by atoms with Gasteiger partial charge in [0.2, 0.25) is 5.75 Å². The fourth-order valence-electron chi connectivity index (χ4n) is 1.79. The van der Waals surface area contributed by atoms with E-state index in [0.29, 0.717) is 0 Å². The predicted molar refractivity (Wildman–Crippen MR) is 74.1 cm³/mol. The Morgan fingerprint density at radius 1 is 1.35 bits per heavy atom. The Labute approximate surface area is 128 Å². The predicted octanol–water partition coefficient (Wildman–Crippen LogP) is 1.57. The van der Waals surface area contributed by atoms with Crippen LogP contribution in [0.4, 0.5) is 11.4 Å². The molecular formula is C12H12N2O9. The van der Waals surface area contributed by atoms with Gasteiger partial charge in [0.05, 0.1) is 29.6 Å². The van der Waals surface area contributed by atoms with E-state index in [-0.39, 0.29) is 31.5 Å². The molecule has 0 fully saturated rings. The van der Waals surface area contributed by atoms with E-state index in [1.54, 1.807) is 0 Å². The quantitative estimate of drug-likeness (QED) is 0.307. The highest BCUT2D eigenvalue weighted by Crippen LogP contribution is 2.43. The van der Waals surface area contributed by atoms with Gasteiger partial charge in [-0.15, -0.1) is 0 Å². The lowest BCUT2D eigenvalue weighted by atomic mass is 10.1. The van der Waals surface area contributed by atoms with E-state index < -0.39 is 38.5 Å². The van der Waals surface area contributed by atoms with E-state index in [1.165, 1.54) is 0 Å². The second kappa shape index (κ2) is 7.68. The number of nitro benzene ring substituents is 2. The number of carboxylic acid groups (broad SMARTS) is 1. The lowest BCUT2D eigenvalue weighted by Crippen LogP contribution is -2.07. The summed E-state index contributed by atoms with van der Waals surface area (Å²) in [7, 11) is 1.08. The highest BCUT2D eigenvalue weighted by molar-refractivity contribution is 5.91. The van der Waals surface area contributed by atoms with Crippen LogP contribution in [0, 0.1) is 20.2 Å². The Bertz CT molecular complexity index is 656. The lowest BCUT2D eigenvalue weighted by Gasteiger charge is -2.11. The maximum Gasteiger partial charge on any atom is 0.332 e. The van der Waals surface area contributed by atoms with Gasteiger partial charge in [0.25, 0.3) is 5.69 Å². The second-order valence-electron chi connectivity index (χ2n) is 4.17. The van der Waals surface area contributed by atoms with Crippen molar-refractivity contribution in [2.75, 3.05) is 13.7 Å². The molecule has 0 saturated carbocycles. The standard InChI is InChI=1S/C12H12N2O9/c1-22-12-9(23-4-2-3-10(16)17)5-8(13(18)19)7(6-15)11(12)14(20)21/h5-6H,2-4H2,1H3,(H,16,17). The topological polar surface area (TPSA) is 159 Å². The number of aldehydes is 1. The van der Waals surface area contributed by atoms with Gasteiger partial charge >= 0.3 is 11.7 Å². The fraction of sp³-hybridized carbons (Fsp3) is 0.333. The molecule has 0 atom stereocenters. The van der Waals surface area contributed by atoms with Crippen molar-refractivity contribution >= 4 is 23.6 Å². The lowest BCUT2D eigenvalue weighted by molar-refractivity contribution is -0.395. The molecule has 0 aromatic heterocycles. The molecule has 11 nitrogen and oxygen atoms in total. The molecule has 0 amide bonds. The maximum absolute atomic E-state index is 11.1. The van der Waals surface area contributed by atoms with Crippen LogP contribution in [0.25, 0.3) is 0 Å². The van der Waals surface area contributed by atoms with Crippen molar-refractivity contribution in [3.05, 3.63) is 31.9 Å². The van der Waals surface area contributed by atoms with Gasteiger partial charge in [-0.25, -0.2) is 0 Å². The van der Waals surface area contributed by atoms with Gasteiger partial charge in [0.1, 0.15) is 0 Å². The first-order valence-corrected chi connectivity index (χ1v) is 6.17. The first kappa shape index (κ1) is 17.8. The zero-order chi connectivity index (χ0) is 17.6. The molecule has 0 aliphatic rings. The Morgan fingerprint density at radius 2 is 2.00 bits per heavy atom. The molecule has 23 heavy (non-hydrogen) atoms. The monoisotopic (exact) mass is 328 g/mol. The SMILES string of the molecule is COc1c(OCCCC(=O)O)cc([N+](=O)[O-])c(C=O)c1[N+](=O)[O-]. The maximum atomic E-state index is 11.1. The zero-order valence-electron chi connectivity index (χ0n) is 11.9. The summed E-state index contributed by atoms with van der Waals surface area (Å²) < 4.78 is 9.98. The van der Waals surface area contributed by atoms with Crippen molar-refractivity contribution in [2.24, 2.45) is 0 Å². The summed E-state index contributed by atoms with van der Waals surface area (Å²) in [5, 5.41) is 30.6. The average molecular weight is 328 g/mol. The third-order valence-corrected chi connectivity index (χ3v) is 2.73. The molecule has 1 aromatic carbocycles. The molecule has 0 spiro atoms. The molecule has 0 heterocycles. The van der Waals surface area contributed by atoms with E-state index in [2.05, 4.69) is 0 Å². The van der Waals surface area contributed by atoms with Crippen molar-refractivity contribution < 1.29 is 34.0 Å². The third kappa shape index (κ3) is 4.12. The van der Waals surface area contributed by atoms with Crippen molar-refractivity contribution in [3.8, 4) is 11.5 Å². The van der Waals surface area contributed by atoms with Gasteiger partial charge in [-0.05, 0) is 6.42 Å². The molecule has 11 heteroatoms. The Morgan fingerprint density at radius 3 is 2.43 bits per heavy atom. The summed E-state index contributed by atoms with van der Waals surface area (Å²) in [6.07, 6.45) is -0.137. The highest BCUT2D eigenvalue weighted by atomic mass is 16.6. The number of methoxy groups -OCH3 is 1. The zero-order valence-corrected chi connectivity index (χ0v) is 11.9. The number of carbonyl (C=O) groups excluding carboxylic acids is 1. The number of nitro groups is 2. The van der Waals surface area contributed by atoms with E-state index in [9.17, 15) is 29.8 Å². The van der Waals surface area contributed by atoms with Crippen LogP contribution in [0.1, 0.15) is 23.2 Å². The molecule has 124 valence electrons. The number of ether oxygens (including phenoxy) is 2. The number of benzene rings is 1. The van der Waals surface area contributed by atoms with Crippen LogP contribution >= 0.6 is 0 Å². The number of hydrogen-bond acceptors (Lipinski definition) is 8. The summed E-state index contributed by atoms with van der Waals surface area (Å²) in [5.74, 6) is -1.83. The Hall–Kier alpha value is -3.24. The van der Waals surface area contributed by atoms with E-state index in [0.717, 1.165) is 13.2 Å².